The molecule has 1 aliphatic carbocycles. The van der Waals surface area contributed by atoms with E-state index in [0.717, 1.165) is 50.0 Å². The quantitative estimate of drug-likeness (QED) is 0.473. The molecule has 2 aromatic heterocycles. The molecule has 0 atom stereocenters. The highest BCUT2D eigenvalue weighted by atomic mass is 16.2. The molecule has 3 heterocycles. The van der Waals surface area contributed by atoms with Crippen molar-refractivity contribution >= 4 is 17.3 Å². The molecule has 0 bridgehead atoms. The molecule has 0 spiro atoms. The Balaban J connectivity index is 1.32. The van der Waals surface area contributed by atoms with Gasteiger partial charge in [-0.05, 0) is 31.4 Å². The van der Waals surface area contributed by atoms with E-state index >= 15 is 0 Å². The van der Waals surface area contributed by atoms with Crippen molar-refractivity contribution in [2.45, 2.75) is 52.0 Å². The molecule has 9 nitrogen and oxygen atoms in total. The zero-order valence-corrected chi connectivity index (χ0v) is 21.7. The molecule has 196 valence electrons. The lowest BCUT2D eigenvalue weighted by Gasteiger charge is -2.42. The van der Waals surface area contributed by atoms with Crippen LogP contribution in [0, 0.1) is 5.41 Å². The van der Waals surface area contributed by atoms with E-state index < -0.39 is 0 Å². The van der Waals surface area contributed by atoms with Crippen molar-refractivity contribution in [3.8, 4) is 5.69 Å². The van der Waals surface area contributed by atoms with Crippen LogP contribution in [0.3, 0.4) is 0 Å². The number of anilines is 2. The maximum atomic E-state index is 13.6. The van der Waals surface area contributed by atoms with Gasteiger partial charge in [0.1, 0.15) is 5.69 Å². The lowest BCUT2D eigenvalue weighted by molar-refractivity contribution is -0.143. The molecule has 3 aromatic rings. The monoisotopic (exact) mass is 503 g/mol. The number of amides is 1. The van der Waals surface area contributed by atoms with Crippen molar-refractivity contribution in [3.63, 3.8) is 0 Å². The fraction of sp³-hybridized carbons (Fsp3) is 0.500. The Morgan fingerprint density at radius 1 is 1.05 bits per heavy atom. The average Bonchev–Trinajstić information content (AvgIpc) is 3.46. The van der Waals surface area contributed by atoms with E-state index in [4.69, 9.17) is 0 Å². The van der Waals surface area contributed by atoms with E-state index in [2.05, 4.69) is 27.2 Å². The SMILES string of the molecule is CC1(C(=O)N2CCN(c3cnn(-c4ccccc4)c(=O)c3NCCCn3ccnc3)CC2)CCCCC1. The van der Waals surface area contributed by atoms with Gasteiger partial charge in [-0.3, -0.25) is 9.59 Å². The van der Waals surface area contributed by atoms with Crippen LogP contribution in [0.1, 0.15) is 45.4 Å². The van der Waals surface area contributed by atoms with E-state index in [9.17, 15) is 9.59 Å². The molecule has 5 rings (SSSR count). The summed E-state index contributed by atoms with van der Waals surface area (Å²) in [7, 11) is 0. The van der Waals surface area contributed by atoms with Crippen molar-refractivity contribution in [1.82, 2.24) is 24.2 Å². The normalized spacial score (nSPS) is 17.5. The zero-order valence-electron chi connectivity index (χ0n) is 21.7. The third-order valence-corrected chi connectivity index (χ3v) is 7.79. The number of carbonyl (C=O) groups excluding carboxylic acids is 1. The van der Waals surface area contributed by atoms with Gasteiger partial charge in [-0.25, -0.2) is 4.98 Å². The number of piperazine rings is 1. The molecule has 37 heavy (non-hydrogen) atoms. The van der Waals surface area contributed by atoms with E-state index in [0.29, 0.717) is 44.3 Å². The summed E-state index contributed by atoms with van der Waals surface area (Å²) in [4.78, 5) is 35.3. The van der Waals surface area contributed by atoms with Gasteiger partial charge in [-0.15, -0.1) is 0 Å². The minimum absolute atomic E-state index is 0.167. The number of hydrogen-bond donors (Lipinski definition) is 1. The Morgan fingerprint density at radius 2 is 1.81 bits per heavy atom. The van der Waals surface area contributed by atoms with E-state index in [-0.39, 0.29) is 11.0 Å². The van der Waals surface area contributed by atoms with Gasteiger partial charge in [-0.1, -0.05) is 44.4 Å². The first-order chi connectivity index (χ1) is 18.0. The predicted molar refractivity (Wildman–Crippen MR) is 145 cm³/mol. The molecule has 0 radical (unpaired) electrons. The number of hydrogen-bond acceptors (Lipinski definition) is 6. The van der Waals surface area contributed by atoms with Crippen LogP contribution < -0.4 is 15.8 Å². The number of rotatable bonds is 8. The van der Waals surface area contributed by atoms with Crippen molar-refractivity contribution in [3.05, 3.63) is 65.6 Å². The predicted octanol–water partition coefficient (Wildman–Crippen LogP) is 3.55. The van der Waals surface area contributed by atoms with Crippen molar-refractivity contribution < 1.29 is 4.79 Å². The molecule has 2 aliphatic rings. The number of aromatic nitrogens is 4. The van der Waals surface area contributed by atoms with Crippen LogP contribution in [-0.4, -0.2) is 62.9 Å². The van der Waals surface area contributed by atoms with Crippen LogP contribution in [0.2, 0.25) is 0 Å². The first kappa shape index (κ1) is 25.0. The summed E-state index contributed by atoms with van der Waals surface area (Å²) in [6.07, 6.45) is 13.6. The summed E-state index contributed by atoms with van der Waals surface area (Å²) in [5.74, 6) is 0.294. The van der Waals surface area contributed by atoms with Crippen LogP contribution in [0.25, 0.3) is 5.69 Å². The van der Waals surface area contributed by atoms with Crippen LogP contribution in [-0.2, 0) is 11.3 Å². The van der Waals surface area contributed by atoms with Crippen LogP contribution in [0.5, 0.6) is 0 Å². The van der Waals surface area contributed by atoms with Gasteiger partial charge in [0, 0.05) is 57.1 Å². The Kier molecular flexibility index (Phi) is 7.58. The summed E-state index contributed by atoms with van der Waals surface area (Å²) < 4.78 is 3.48. The second-order valence-electron chi connectivity index (χ2n) is 10.4. The number of para-hydroxylation sites is 1. The van der Waals surface area contributed by atoms with E-state index in [1.807, 2.05) is 46.0 Å². The molecule has 0 unspecified atom stereocenters. The number of aryl methyl sites for hydroxylation is 1. The molecular weight excluding hydrogens is 466 g/mol. The van der Waals surface area contributed by atoms with Gasteiger partial charge < -0.3 is 19.7 Å². The summed E-state index contributed by atoms with van der Waals surface area (Å²) in [6, 6.07) is 9.49. The number of carbonyl (C=O) groups is 1. The van der Waals surface area contributed by atoms with Crippen molar-refractivity contribution in [2.75, 3.05) is 42.9 Å². The topological polar surface area (TPSA) is 88.3 Å². The zero-order chi connectivity index (χ0) is 25.7. The number of imidazole rings is 1. The fourth-order valence-electron chi connectivity index (χ4n) is 5.58. The van der Waals surface area contributed by atoms with Gasteiger partial charge in [0.2, 0.25) is 5.91 Å². The van der Waals surface area contributed by atoms with E-state index in [1.54, 1.807) is 18.7 Å². The molecule has 1 aromatic carbocycles. The number of nitrogens with one attached hydrogen (secondary N) is 1. The van der Waals surface area contributed by atoms with Gasteiger partial charge in [-0.2, -0.15) is 9.78 Å². The van der Waals surface area contributed by atoms with Crippen LogP contribution in [0.15, 0.2) is 60.0 Å². The maximum Gasteiger partial charge on any atom is 0.296 e. The van der Waals surface area contributed by atoms with Crippen molar-refractivity contribution in [1.29, 1.82) is 0 Å². The first-order valence-electron chi connectivity index (χ1n) is 13.5. The summed E-state index contributed by atoms with van der Waals surface area (Å²) in [5.41, 5.74) is 1.70. The maximum absolute atomic E-state index is 13.6. The van der Waals surface area contributed by atoms with E-state index in [1.165, 1.54) is 11.1 Å². The first-order valence-corrected chi connectivity index (χ1v) is 13.5. The lowest BCUT2D eigenvalue weighted by atomic mass is 9.74. The Morgan fingerprint density at radius 3 is 2.51 bits per heavy atom. The molecule has 9 heteroatoms. The molecule has 1 saturated heterocycles. The third kappa shape index (κ3) is 5.55. The molecule has 1 aliphatic heterocycles. The minimum atomic E-state index is -0.222. The standard InChI is InChI=1S/C28H37N7O2/c1-28(11-6-3-7-12-28)27(37)34-19-17-33(18-20-34)24-21-31-35(23-9-4-2-5-10-23)26(36)25(24)30-13-8-15-32-16-14-29-22-32/h2,4-5,9-10,14,16,21-22,30H,3,6-8,11-13,15,17-20H2,1H3. The summed E-state index contributed by atoms with van der Waals surface area (Å²) in [5, 5.41) is 7.94. The second kappa shape index (κ2) is 11.2. The molecule has 1 amide bonds. The highest BCUT2D eigenvalue weighted by Gasteiger charge is 2.38. The number of benzene rings is 1. The summed E-state index contributed by atoms with van der Waals surface area (Å²) in [6.45, 7) is 6.30. The molecule has 1 N–H and O–H groups in total. The Labute approximate surface area is 218 Å². The largest absolute Gasteiger partial charge is 0.379 e. The highest BCUT2D eigenvalue weighted by Crippen LogP contribution is 2.38. The van der Waals surface area contributed by atoms with Crippen LogP contribution in [0.4, 0.5) is 11.4 Å². The highest BCUT2D eigenvalue weighted by molar-refractivity contribution is 5.83. The smallest absolute Gasteiger partial charge is 0.296 e. The lowest BCUT2D eigenvalue weighted by Crippen LogP contribution is -2.53. The third-order valence-electron chi connectivity index (χ3n) is 7.79. The summed E-state index contributed by atoms with van der Waals surface area (Å²) >= 11 is 0. The Hall–Kier alpha value is -3.62. The average molecular weight is 504 g/mol. The molecule has 1 saturated carbocycles. The van der Waals surface area contributed by atoms with Crippen molar-refractivity contribution in [2.24, 2.45) is 5.41 Å². The second-order valence-corrected chi connectivity index (χ2v) is 10.4. The Bertz CT molecular complexity index is 1230. The van der Waals surface area contributed by atoms with Gasteiger partial charge in [0.15, 0.2) is 0 Å². The van der Waals surface area contributed by atoms with Gasteiger partial charge >= 0.3 is 0 Å². The fourth-order valence-corrected chi connectivity index (χ4v) is 5.58. The minimum Gasteiger partial charge on any atom is -0.379 e. The van der Waals surface area contributed by atoms with Crippen LogP contribution >= 0.6 is 0 Å². The van der Waals surface area contributed by atoms with Gasteiger partial charge in [0.05, 0.1) is 23.9 Å². The number of nitrogens with zero attached hydrogens (tertiary/aromatic N) is 6. The molecule has 2 fully saturated rings. The molecular formula is C28H37N7O2. The van der Waals surface area contributed by atoms with Gasteiger partial charge in [0.25, 0.3) is 5.56 Å².